The SMILES string of the molecule is C=C1CCC(N2C(=O)c3ccc(NS(=O)(=O)c4ccc(F)cc4)cc3C2=O)C(=O)N1. The van der Waals surface area contributed by atoms with Crippen molar-refractivity contribution in [3.05, 3.63) is 71.7 Å². The monoisotopic (exact) mass is 429 g/mol. The van der Waals surface area contributed by atoms with Gasteiger partial charge in [0.25, 0.3) is 21.8 Å². The van der Waals surface area contributed by atoms with Gasteiger partial charge in [0.1, 0.15) is 11.9 Å². The summed E-state index contributed by atoms with van der Waals surface area (Å²) in [5.41, 5.74) is 0.659. The fraction of sp³-hybridized carbons (Fsp3) is 0.150. The Morgan fingerprint density at radius 3 is 2.37 bits per heavy atom. The summed E-state index contributed by atoms with van der Waals surface area (Å²) in [5.74, 6) is -2.36. The van der Waals surface area contributed by atoms with Gasteiger partial charge in [-0.15, -0.1) is 0 Å². The van der Waals surface area contributed by atoms with Crippen molar-refractivity contribution >= 4 is 33.4 Å². The van der Waals surface area contributed by atoms with E-state index in [1.165, 1.54) is 18.2 Å². The minimum Gasteiger partial charge on any atom is -0.329 e. The van der Waals surface area contributed by atoms with Gasteiger partial charge in [-0.05, 0) is 55.3 Å². The van der Waals surface area contributed by atoms with Gasteiger partial charge in [-0.1, -0.05) is 6.58 Å². The molecular formula is C20H16FN3O5S. The normalized spacial score (nSPS) is 19.0. The molecule has 2 aromatic carbocycles. The molecule has 0 saturated carbocycles. The second-order valence-electron chi connectivity index (χ2n) is 6.95. The first-order chi connectivity index (χ1) is 14.2. The lowest BCUT2D eigenvalue weighted by atomic mass is 10.0. The molecule has 0 aliphatic carbocycles. The van der Waals surface area contributed by atoms with Crippen LogP contribution in [0.2, 0.25) is 0 Å². The minimum absolute atomic E-state index is 0.00324. The molecular weight excluding hydrogens is 413 g/mol. The lowest BCUT2D eigenvalue weighted by molar-refractivity contribution is -0.125. The van der Waals surface area contributed by atoms with E-state index in [1.807, 2.05) is 0 Å². The predicted octanol–water partition coefficient (Wildman–Crippen LogP) is 2.01. The summed E-state index contributed by atoms with van der Waals surface area (Å²) in [4.78, 5) is 38.5. The van der Waals surface area contributed by atoms with E-state index in [0.717, 1.165) is 29.2 Å². The highest BCUT2D eigenvalue weighted by Gasteiger charge is 2.44. The second-order valence-corrected chi connectivity index (χ2v) is 8.63. The van der Waals surface area contributed by atoms with Crippen molar-refractivity contribution in [3.63, 3.8) is 0 Å². The lowest BCUT2D eigenvalue weighted by Crippen LogP contribution is -2.51. The van der Waals surface area contributed by atoms with Gasteiger partial charge in [0.05, 0.1) is 16.0 Å². The Kier molecular flexibility index (Phi) is 4.65. The molecule has 8 nitrogen and oxygen atoms in total. The van der Waals surface area contributed by atoms with Crippen LogP contribution in [0.3, 0.4) is 0 Å². The zero-order valence-electron chi connectivity index (χ0n) is 15.5. The maximum atomic E-state index is 13.0. The van der Waals surface area contributed by atoms with Crippen LogP contribution in [0.4, 0.5) is 10.1 Å². The zero-order valence-corrected chi connectivity index (χ0v) is 16.3. The van der Waals surface area contributed by atoms with Crippen molar-refractivity contribution in [2.24, 2.45) is 0 Å². The number of halogens is 1. The molecule has 0 bridgehead atoms. The van der Waals surface area contributed by atoms with E-state index in [2.05, 4.69) is 16.6 Å². The van der Waals surface area contributed by atoms with Gasteiger partial charge in [0, 0.05) is 11.4 Å². The van der Waals surface area contributed by atoms with Crippen LogP contribution in [0.25, 0.3) is 0 Å². The molecule has 0 spiro atoms. The van der Waals surface area contributed by atoms with Gasteiger partial charge in [0.15, 0.2) is 0 Å². The maximum absolute atomic E-state index is 13.0. The molecule has 30 heavy (non-hydrogen) atoms. The average molecular weight is 429 g/mol. The minimum atomic E-state index is -4.03. The van der Waals surface area contributed by atoms with Gasteiger partial charge in [0.2, 0.25) is 5.91 Å². The van der Waals surface area contributed by atoms with Crippen LogP contribution in [0, 0.1) is 5.82 Å². The van der Waals surface area contributed by atoms with Crippen LogP contribution in [0.15, 0.2) is 59.6 Å². The number of anilines is 1. The number of rotatable bonds is 4. The van der Waals surface area contributed by atoms with E-state index >= 15 is 0 Å². The first kappa shape index (κ1) is 19.8. The Morgan fingerprint density at radius 2 is 1.70 bits per heavy atom. The number of allylic oxidation sites excluding steroid dienone is 1. The van der Waals surface area contributed by atoms with E-state index in [-0.39, 0.29) is 28.1 Å². The Bertz CT molecular complexity index is 1210. The number of fused-ring (bicyclic) bond motifs is 1. The molecule has 3 amide bonds. The highest BCUT2D eigenvalue weighted by Crippen LogP contribution is 2.30. The summed E-state index contributed by atoms with van der Waals surface area (Å²) in [6.07, 6.45) is 0.701. The van der Waals surface area contributed by atoms with E-state index in [4.69, 9.17) is 0 Å². The molecule has 1 atom stereocenters. The van der Waals surface area contributed by atoms with Crippen molar-refractivity contribution in [1.82, 2.24) is 10.2 Å². The van der Waals surface area contributed by atoms with Crippen molar-refractivity contribution in [1.29, 1.82) is 0 Å². The number of imide groups is 1. The third-order valence-electron chi connectivity index (χ3n) is 4.93. The molecule has 1 unspecified atom stereocenters. The topological polar surface area (TPSA) is 113 Å². The summed E-state index contributed by atoms with van der Waals surface area (Å²) in [6.45, 7) is 3.67. The van der Waals surface area contributed by atoms with Crippen LogP contribution in [0.5, 0.6) is 0 Å². The summed E-state index contributed by atoms with van der Waals surface area (Å²) < 4.78 is 40.3. The van der Waals surface area contributed by atoms with Gasteiger partial charge in [-0.2, -0.15) is 0 Å². The highest BCUT2D eigenvalue weighted by atomic mass is 32.2. The Balaban J connectivity index is 1.61. The van der Waals surface area contributed by atoms with E-state index in [9.17, 15) is 27.2 Å². The zero-order chi connectivity index (χ0) is 21.6. The first-order valence-corrected chi connectivity index (χ1v) is 10.4. The number of nitrogens with zero attached hydrogens (tertiary/aromatic N) is 1. The molecule has 0 aromatic heterocycles. The molecule has 2 N–H and O–H groups in total. The molecule has 1 saturated heterocycles. The molecule has 2 aliphatic heterocycles. The van der Waals surface area contributed by atoms with Crippen LogP contribution >= 0.6 is 0 Å². The van der Waals surface area contributed by atoms with Crippen LogP contribution in [-0.4, -0.2) is 37.1 Å². The van der Waals surface area contributed by atoms with Gasteiger partial charge in [-0.3, -0.25) is 24.0 Å². The molecule has 4 rings (SSSR count). The third kappa shape index (κ3) is 3.35. The van der Waals surface area contributed by atoms with Crippen LogP contribution < -0.4 is 10.0 Å². The number of benzene rings is 2. The number of nitrogens with one attached hydrogen (secondary N) is 2. The van der Waals surface area contributed by atoms with Crippen molar-refractivity contribution in [3.8, 4) is 0 Å². The van der Waals surface area contributed by atoms with E-state index in [0.29, 0.717) is 12.1 Å². The molecule has 1 fully saturated rings. The number of hydrogen-bond donors (Lipinski definition) is 2. The van der Waals surface area contributed by atoms with Gasteiger partial charge >= 0.3 is 0 Å². The van der Waals surface area contributed by atoms with Crippen molar-refractivity contribution in [2.45, 2.75) is 23.8 Å². The summed E-state index contributed by atoms with van der Waals surface area (Å²) in [6, 6.07) is 7.21. The van der Waals surface area contributed by atoms with Crippen LogP contribution in [-0.2, 0) is 14.8 Å². The van der Waals surface area contributed by atoms with Crippen molar-refractivity contribution in [2.75, 3.05) is 4.72 Å². The van der Waals surface area contributed by atoms with Gasteiger partial charge < -0.3 is 5.32 Å². The number of hydrogen-bond acceptors (Lipinski definition) is 5. The average Bonchev–Trinajstić information content (AvgIpc) is 2.92. The summed E-state index contributed by atoms with van der Waals surface area (Å²) >= 11 is 0. The number of carbonyl (C=O) groups is 3. The largest absolute Gasteiger partial charge is 0.329 e. The fourth-order valence-corrected chi connectivity index (χ4v) is 4.49. The standard InChI is InChI=1S/C20H16FN3O5S/c1-11-2-9-17(18(25)22-11)24-19(26)15-8-5-13(10-16(15)20(24)27)23-30(28,29)14-6-3-12(21)4-7-14/h3-8,10,17,23H,1-2,9H2,(H,22,25). The predicted molar refractivity (Wildman–Crippen MR) is 104 cm³/mol. The summed E-state index contributed by atoms with van der Waals surface area (Å²) in [5, 5.41) is 2.54. The molecule has 0 radical (unpaired) electrons. The molecule has 2 aromatic rings. The maximum Gasteiger partial charge on any atom is 0.262 e. The molecule has 154 valence electrons. The Morgan fingerprint density at radius 1 is 1.03 bits per heavy atom. The first-order valence-electron chi connectivity index (χ1n) is 8.96. The van der Waals surface area contributed by atoms with E-state index in [1.54, 1.807) is 0 Å². The number of amides is 3. The number of piperidine rings is 1. The van der Waals surface area contributed by atoms with Gasteiger partial charge in [-0.25, -0.2) is 12.8 Å². The lowest BCUT2D eigenvalue weighted by Gasteiger charge is -2.29. The number of carbonyl (C=O) groups excluding carboxylic acids is 3. The summed E-state index contributed by atoms with van der Waals surface area (Å²) in [7, 11) is -4.03. The third-order valence-corrected chi connectivity index (χ3v) is 6.33. The Hall–Kier alpha value is -3.53. The smallest absolute Gasteiger partial charge is 0.262 e. The van der Waals surface area contributed by atoms with Crippen LogP contribution in [0.1, 0.15) is 33.6 Å². The number of sulfonamides is 1. The van der Waals surface area contributed by atoms with E-state index < -0.39 is 39.6 Å². The molecule has 2 aliphatic rings. The molecule has 2 heterocycles. The molecule has 10 heteroatoms. The quantitative estimate of drug-likeness (QED) is 0.722. The fourth-order valence-electron chi connectivity index (χ4n) is 3.44. The Labute approximate surface area is 171 Å². The van der Waals surface area contributed by atoms with Crippen molar-refractivity contribution < 1.29 is 27.2 Å². The second kappa shape index (κ2) is 7.06. The highest BCUT2D eigenvalue weighted by molar-refractivity contribution is 7.92.